The van der Waals surface area contributed by atoms with Crippen LogP contribution in [0, 0.1) is 11.8 Å². The first kappa shape index (κ1) is 28.3. The average molecular weight is 523 g/mol. The molecule has 2 aliphatic rings. The summed E-state index contributed by atoms with van der Waals surface area (Å²) in [6.07, 6.45) is 4.03. The molecule has 0 amide bonds. The first-order chi connectivity index (χ1) is 18.2. The molecule has 4 N–H and O–H groups in total. The van der Waals surface area contributed by atoms with Crippen LogP contribution in [0.2, 0.25) is 0 Å². The van der Waals surface area contributed by atoms with E-state index in [1.165, 1.54) is 0 Å². The van der Waals surface area contributed by atoms with E-state index in [-0.39, 0.29) is 23.8 Å². The fourth-order valence-corrected chi connectivity index (χ4v) is 6.31. The van der Waals surface area contributed by atoms with Crippen molar-refractivity contribution >= 4 is 11.9 Å². The van der Waals surface area contributed by atoms with Crippen molar-refractivity contribution in [3.05, 3.63) is 71.8 Å². The van der Waals surface area contributed by atoms with E-state index in [0.29, 0.717) is 0 Å². The molecule has 0 aliphatic carbocycles. The largest absolute Gasteiger partial charge is 0.459 e. The second kappa shape index (κ2) is 12.4. The molecule has 4 rings (SSSR count). The van der Waals surface area contributed by atoms with Gasteiger partial charge in [0.25, 0.3) is 0 Å². The lowest BCUT2D eigenvalue weighted by Gasteiger charge is -2.39. The van der Waals surface area contributed by atoms with E-state index in [4.69, 9.17) is 9.47 Å². The SMILES string of the molecule is CC(C)(OC(=O)C(c1ccccc1)C(C(=O)OC(C)(C)C1CC[NH2+]CC1)c1ccccc1)C1CC[NH2+]CC1. The second-order valence-electron chi connectivity index (χ2n) is 12.1. The summed E-state index contributed by atoms with van der Waals surface area (Å²) in [5.74, 6) is -1.78. The van der Waals surface area contributed by atoms with Gasteiger partial charge in [0.2, 0.25) is 0 Å². The van der Waals surface area contributed by atoms with Crippen molar-refractivity contribution in [3.8, 4) is 0 Å². The molecule has 2 aliphatic heterocycles. The van der Waals surface area contributed by atoms with Crippen molar-refractivity contribution in [1.82, 2.24) is 0 Å². The lowest BCUT2D eigenvalue weighted by molar-refractivity contribution is -0.666. The van der Waals surface area contributed by atoms with Gasteiger partial charge in [-0.15, -0.1) is 0 Å². The van der Waals surface area contributed by atoms with E-state index in [9.17, 15) is 9.59 Å². The topological polar surface area (TPSA) is 85.8 Å². The van der Waals surface area contributed by atoms with Crippen LogP contribution in [-0.2, 0) is 19.1 Å². The minimum absolute atomic E-state index is 0.289. The molecule has 6 heteroatoms. The molecule has 2 atom stereocenters. The Morgan fingerprint density at radius 2 is 0.947 bits per heavy atom. The van der Waals surface area contributed by atoms with Gasteiger partial charge in [0, 0.05) is 37.5 Å². The van der Waals surface area contributed by atoms with Crippen LogP contribution >= 0.6 is 0 Å². The van der Waals surface area contributed by atoms with Crippen LogP contribution in [0.25, 0.3) is 0 Å². The number of esters is 2. The highest BCUT2D eigenvalue weighted by atomic mass is 16.6. The summed E-state index contributed by atoms with van der Waals surface area (Å²) in [5.41, 5.74) is 0.283. The number of rotatable bonds is 9. The fourth-order valence-electron chi connectivity index (χ4n) is 6.31. The lowest BCUT2D eigenvalue weighted by atomic mass is 9.79. The van der Waals surface area contributed by atoms with Gasteiger partial charge >= 0.3 is 11.9 Å². The van der Waals surface area contributed by atoms with Gasteiger partial charge in [0.1, 0.15) is 11.2 Å². The Hall–Kier alpha value is -2.70. The summed E-state index contributed by atoms with van der Waals surface area (Å²) < 4.78 is 12.7. The van der Waals surface area contributed by atoms with Crippen LogP contribution in [0.4, 0.5) is 0 Å². The van der Waals surface area contributed by atoms with Crippen LogP contribution in [0.15, 0.2) is 60.7 Å². The molecule has 2 aromatic carbocycles. The zero-order chi connectivity index (χ0) is 27.2. The van der Waals surface area contributed by atoms with Gasteiger partial charge in [-0.2, -0.15) is 0 Å². The van der Waals surface area contributed by atoms with E-state index < -0.39 is 23.0 Å². The maximum atomic E-state index is 14.1. The van der Waals surface area contributed by atoms with Crippen molar-refractivity contribution in [1.29, 1.82) is 0 Å². The monoisotopic (exact) mass is 522 g/mol. The number of hydrogen-bond donors (Lipinski definition) is 2. The van der Waals surface area contributed by atoms with Gasteiger partial charge in [-0.3, -0.25) is 9.59 Å². The van der Waals surface area contributed by atoms with Gasteiger partial charge in [0.05, 0.1) is 38.0 Å². The number of benzene rings is 2. The van der Waals surface area contributed by atoms with Crippen LogP contribution in [0.1, 0.15) is 76.3 Å². The number of carbonyl (C=O) groups excluding carboxylic acids is 2. The molecule has 2 saturated heterocycles. The van der Waals surface area contributed by atoms with E-state index >= 15 is 0 Å². The summed E-state index contributed by atoms with van der Waals surface area (Å²) in [6.45, 7) is 12.2. The smallest absolute Gasteiger partial charge is 0.315 e. The molecule has 38 heavy (non-hydrogen) atoms. The highest BCUT2D eigenvalue weighted by Crippen LogP contribution is 2.40. The predicted molar refractivity (Wildman–Crippen MR) is 147 cm³/mol. The number of ether oxygens (including phenoxy) is 2. The Morgan fingerprint density at radius 3 is 1.26 bits per heavy atom. The molecule has 6 nitrogen and oxygen atoms in total. The standard InChI is InChI=1S/C32H44N2O4/c1-31(2,25-15-19-33-20-16-25)37-29(35)27(23-11-7-5-8-12-23)28(24-13-9-6-10-14-24)30(36)38-32(3,4)26-17-21-34-22-18-26/h5-14,25-28,33-34H,15-22H2,1-4H3/p+2. The molecule has 0 aromatic heterocycles. The Balaban J connectivity index is 1.68. The number of hydrogen-bond acceptors (Lipinski definition) is 4. The number of piperidine rings is 2. The van der Waals surface area contributed by atoms with Gasteiger partial charge in [-0.1, -0.05) is 60.7 Å². The van der Waals surface area contributed by atoms with Crippen molar-refractivity contribution in [2.45, 2.75) is 76.4 Å². The van der Waals surface area contributed by atoms with Crippen LogP contribution in [0.5, 0.6) is 0 Å². The van der Waals surface area contributed by atoms with E-state index in [0.717, 1.165) is 63.0 Å². The molecule has 0 spiro atoms. The second-order valence-corrected chi connectivity index (χ2v) is 12.1. The third-order valence-electron chi connectivity index (χ3n) is 8.73. The van der Waals surface area contributed by atoms with E-state index in [2.05, 4.69) is 10.6 Å². The van der Waals surface area contributed by atoms with Crippen molar-refractivity contribution in [2.24, 2.45) is 11.8 Å². The number of nitrogens with two attached hydrogens (primary N) is 2. The summed E-state index contributed by atoms with van der Waals surface area (Å²) in [6, 6.07) is 19.2. The number of quaternary nitrogens is 2. The zero-order valence-electron chi connectivity index (χ0n) is 23.5. The molecule has 2 unspecified atom stereocenters. The maximum Gasteiger partial charge on any atom is 0.315 e. The highest BCUT2D eigenvalue weighted by Gasteiger charge is 2.45. The van der Waals surface area contributed by atoms with Crippen LogP contribution in [0.3, 0.4) is 0 Å². The fraction of sp³-hybridized carbons (Fsp3) is 0.562. The van der Waals surface area contributed by atoms with Crippen molar-refractivity contribution < 1.29 is 29.7 Å². The molecule has 2 heterocycles. The molecule has 0 bridgehead atoms. The Morgan fingerprint density at radius 1 is 0.632 bits per heavy atom. The first-order valence-corrected chi connectivity index (χ1v) is 14.4. The lowest BCUT2D eigenvalue weighted by Crippen LogP contribution is -2.86. The van der Waals surface area contributed by atoms with E-state index in [1.807, 2.05) is 88.4 Å². The van der Waals surface area contributed by atoms with Crippen LogP contribution < -0.4 is 10.6 Å². The molecule has 0 radical (unpaired) electrons. The summed E-state index contributed by atoms with van der Waals surface area (Å²) in [7, 11) is 0. The number of carbonyl (C=O) groups is 2. The zero-order valence-corrected chi connectivity index (χ0v) is 23.5. The van der Waals surface area contributed by atoms with Crippen molar-refractivity contribution in [3.63, 3.8) is 0 Å². The Bertz CT molecular complexity index is 956. The third-order valence-corrected chi connectivity index (χ3v) is 8.73. The summed E-state index contributed by atoms with van der Waals surface area (Å²) in [5, 5.41) is 4.63. The minimum Gasteiger partial charge on any atom is -0.459 e. The maximum absolute atomic E-state index is 14.1. The molecular weight excluding hydrogens is 476 g/mol. The summed E-state index contributed by atoms with van der Waals surface area (Å²) in [4.78, 5) is 28.3. The van der Waals surface area contributed by atoms with Gasteiger partial charge in [0.15, 0.2) is 0 Å². The minimum atomic E-state index is -0.809. The molecule has 2 fully saturated rings. The highest BCUT2D eigenvalue weighted by molar-refractivity contribution is 5.90. The Labute approximate surface area is 227 Å². The molecule has 206 valence electrons. The molecular formula is C32H46N2O4+2. The normalized spacial score (nSPS) is 19.4. The first-order valence-electron chi connectivity index (χ1n) is 14.4. The van der Waals surface area contributed by atoms with Gasteiger partial charge in [-0.05, 0) is 38.8 Å². The average Bonchev–Trinajstić information content (AvgIpc) is 2.93. The Kier molecular flexibility index (Phi) is 9.27. The predicted octanol–water partition coefficient (Wildman–Crippen LogP) is 3.14. The van der Waals surface area contributed by atoms with Crippen molar-refractivity contribution in [2.75, 3.05) is 26.2 Å². The van der Waals surface area contributed by atoms with E-state index in [1.54, 1.807) is 0 Å². The third kappa shape index (κ3) is 6.83. The molecule has 2 aromatic rings. The quantitative estimate of drug-likeness (QED) is 0.496. The summed E-state index contributed by atoms with van der Waals surface area (Å²) >= 11 is 0. The van der Waals surface area contributed by atoms with Gasteiger partial charge in [-0.25, -0.2) is 0 Å². The van der Waals surface area contributed by atoms with Crippen LogP contribution in [-0.4, -0.2) is 49.3 Å². The molecule has 0 saturated carbocycles. The van der Waals surface area contributed by atoms with Gasteiger partial charge < -0.3 is 20.1 Å².